The fourth-order valence-electron chi connectivity index (χ4n) is 3.24. The highest BCUT2D eigenvalue weighted by Gasteiger charge is 2.48. The van der Waals surface area contributed by atoms with Crippen molar-refractivity contribution >= 4 is 11.8 Å². The molecule has 1 aromatic heterocycles. The molecule has 1 spiro atoms. The highest BCUT2D eigenvalue weighted by atomic mass is 16.5. The van der Waals surface area contributed by atoms with Crippen LogP contribution in [0, 0.1) is 11.8 Å². The molecule has 1 atom stereocenters. The summed E-state index contributed by atoms with van der Waals surface area (Å²) in [7, 11) is 0. The number of nitrogens with zero attached hydrogens (tertiary/aromatic N) is 3. The van der Waals surface area contributed by atoms with Gasteiger partial charge in [0.1, 0.15) is 11.3 Å². The van der Waals surface area contributed by atoms with Crippen LogP contribution in [0.5, 0.6) is 0 Å². The van der Waals surface area contributed by atoms with Gasteiger partial charge in [-0.05, 0) is 18.8 Å². The Morgan fingerprint density at radius 1 is 1.42 bits per heavy atom. The molecule has 0 radical (unpaired) electrons. The summed E-state index contributed by atoms with van der Waals surface area (Å²) in [5, 5.41) is 2.89. The van der Waals surface area contributed by atoms with E-state index in [2.05, 4.69) is 15.3 Å². The maximum absolute atomic E-state index is 12.0. The maximum atomic E-state index is 12.0. The quantitative estimate of drug-likeness (QED) is 0.884. The van der Waals surface area contributed by atoms with Gasteiger partial charge in [-0.1, -0.05) is 13.8 Å². The smallest absolute Gasteiger partial charge is 0.271 e. The van der Waals surface area contributed by atoms with E-state index in [1.165, 1.54) is 18.6 Å². The van der Waals surface area contributed by atoms with Crippen LogP contribution in [0.4, 0.5) is 0 Å². The molecule has 0 unspecified atom stereocenters. The fraction of sp³-hybridized carbons (Fsp3) is 0.647. The van der Waals surface area contributed by atoms with Crippen LogP contribution in [0.2, 0.25) is 0 Å². The van der Waals surface area contributed by atoms with Gasteiger partial charge in [-0.25, -0.2) is 4.98 Å². The summed E-state index contributed by atoms with van der Waals surface area (Å²) in [6.07, 6.45) is 6.42. The Labute approximate surface area is 141 Å². The molecule has 3 rings (SSSR count). The molecule has 0 aromatic carbocycles. The standard InChI is InChI=1S/C17H24N4O3/c1-12(2)16(23)21-10-17(11-21)4-3-13(9-24-17)7-20-15(22)14-8-18-5-6-19-14/h5-6,8,12-13H,3-4,7,9-11H2,1-2H3,(H,20,22)/t13-/m1/s1. The first-order valence-electron chi connectivity index (χ1n) is 8.46. The third-order valence-electron chi connectivity index (χ3n) is 4.74. The molecule has 2 aliphatic heterocycles. The van der Waals surface area contributed by atoms with E-state index in [1.54, 1.807) is 0 Å². The first kappa shape index (κ1) is 16.8. The molecule has 0 aliphatic carbocycles. The zero-order chi connectivity index (χ0) is 17.2. The second kappa shape index (κ2) is 6.84. The first-order chi connectivity index (χ1) is 11.5. The molecule has 0 saturated carbocycles. The lowest BCUT2D eigenvalue weighted by atomic mass is 9.82. The van der Waals surface area contributed by atoms with Gasteiger partial charge in [-0.2, -0.15) is 0 Å². The number of likely N-dealkylation sites (tertiary alicyclic amines) is 1. The van der Waals surface area contributed by atoms with Gasteiger partial charge in [-0.3, -0.25) is 14.6 Å². The molecule has 2 aliphatic rings. The topological polar surface area (TPSA) is 84.4 Å². The van der Waals surface area contributed by atoms with Crippen molar-refractivity contribution in [2.75, 3.05) is 26.2 Å². The third kappa shape index (κ3) is 3.56. The predicted octanol–water partition coefficient (Wildman–Crippen LogP) is 0.870. The molecule has 1 N–H and O–H groups in total. The summed E-state index contributed by atoms with van der Waals surface area (Å²) in [5.41, 5.74) is 0.170. The lowest BCUT2D eigenvalue weighted by molar-refractivity contribution is -0.190. The maximum Gasteiger partial charge on any atom is 0.271 e. The number of carbonyl (C=O) groups excluding carboxylic acids is 2. The minimum atomic E-state index is -0.208. The fourth-order valence-corrected chi connectivity index (χ4v) is 3.24. The molecular weight excluding hydrogens is 308 g/mol. The van der Waals surface area contributed by atoms with E-state index in [-0.39, 0.29) is 23.3 Å². The van der Waals surface area contributed by atoms with Crippen molar-refractivity contribution in [3.05, 3.63) is 24.3 Å². The Bertz CT molecular complexity index is 589. The van der Waals surface area contributed by atoms with Crippen LogP contribution in [-0.4, -0.2) is 58.5 Å². The van der Waals surface area contributed by atoms with Gasteiger partial charge >= 0.3 is 0 Å². The zero-order valence-electron chi connectivity index (χ0n) is 14.2. The average Bonchev–Trinajstić information content (AvgIpc) is 2.58. The van der Waals surface area contributed by atoms with Crippen LogP contribution in [0.25, 0.3) is 0 Å². The van der Waals surface area contributed by atoms with Gasteiger partial charge in [0.25, 0.3) is 5.91 Å². The van der Waals surface area contributed by atoms with E-state index in [1.807, 2.05) is 18.7 Å². The van der Waals surface area contributed by atoms with E-state index in [0.29, 0.717) is 37.9 Å². The van der Waals surface area contributed by atoms with E-state index >= 15 is 0 Å². The van der Waals surface area contributed by atoms with Gasteiger partial charge in [0.15, 0.2) is 0 Å². The van der Waals surface area contributed by atoms with Crippen molar-refractivity contribution in [1.82, 2.24) is 20.2 Å². The summed E-state index contributed by atoms with van der Waals surface area (Å²) in [4.78, 5) is 33.7. The molecule has 2 fully saturated rings. The Balaban J connectivity index is 1.40. The number of carbonyl (C=O) groups is 2. The monoisotopic (exact) mass is 332 g/mol. The number of nitrogens with one attached hydrogen (secondary N) is 1. The molecule has 2 saturated heterocycles. The van der Waals surface area contributed by atoms with Crippen LogP contribution in [0.3, 0.4) is 0 Å². The third-order valence-corrected chi connectivity index (χ3v) is 4.74. The van der Waals surface area contributed by atoms with Crippen molar-refractivity contribution in [2.24, 2.45) is 11.8 Å². The summed E-state index contributed by atoms with van der Waals surface area (Å²) in [5.74, 6) is 0.324. The lowest BCUT2D eigenvalue weighted by Gasteiger charge is -2.53. The van der Waals surface area contributed by atoms with E-state index in [9.17, 15) is 9.59 Å². The second-order valence-electron chi connectivity index (χ2n) is 7.05. The van der Waals surface area contributed by atoms with Crippen LogP contribution < -0.4 is 5.32 Å². The average molecular weight is 332 g/mol. The number of amides is 2. The Kier molecular flexibility index (Phi) is 4.80. The predicted molar refractivity (Wildman–Crippen MR) is 87.2 cm³/mol. The highest BCUT2D eigenvalue weighted by molar-refractivity contribution is 5.91. The van der Waals surface area contributed by atoms with Crippen LogP contribution in [-0.2, 0) is 9.53 Å². The lowest BCUT2D eigenvalue weighted by Crippen LogP contribution is -2.67. The van der Waals surface area contributed by atoms with E-state index in [0.717, 1.165) is 12.8 Å². The zero-order valence-corrected chi connectivity index (χ0v) is 14.2. The molecule has 3 heterocycles. The number of aromatic nitrogens is 2. The first-order valence-corrected chi connectivity index (χ1v) is 8.46. The summed E-state index contributed by atoms with van der Waals surface area (Å²) >= 11 is 0. The summed E-state index contributed by atoms with van der Waals surface area (Å²) in [6, 6.07) is 0. The molecule has 2 amide bonds. The van der Waals surface area contributed by atoms with Gasteiger partial charge in [0, 0.05) is 24.9 Å². The largest absolute Gasteiger partial charge is 0.371 e. The van der Waals surface area contributed by atoms with Crippen molar-refractivity contribution < 1.29 is 14.3 Å². The van der Waals surface area contributed by atoms with Gasteiger partial charge < -0.3 is 15.0 Å². The van der Waals surface area contributed by atoms with Gasteiger partial charge in [0.2, 0.25) is 5.91 Å². The molecular formula is C17H24N4O3. The SMILES string of the molecule is CC(C)C(=O)N1CC2(CC[C@H](CNC(=O)c3cnccn3)CO2)C1. The van der Waals surface area contributed by atoms with Crippen LogP contribution >= 0.6 is 0 Å². The van der Waals surface area contributed by atoms with E-state index in [4.69, 9.17) is 4.74 Å². The van der Waals surface area contributed by atoms with Gasteiger partial charge in [0.05, 0.1) is 25.9 Å². The number of rotatable bonds is 4. The number of hydrogen-bond acceptors (Lipinski definition) is 5. The number of ether oxygens (including phenoxy) is 1. The Hall–Kier alpha value is -2.02. The molecule has 0 bridgehead atoms. The molecule has 24 heavy (non-hydrogen) atoms. The summed E-state index contributed by atoms with van der Waals surface area (Å²) in [6.45, 7) is 6.42. The summed E-state index contributed by atoms with van der Waals surface area (Å²) < 4.78 is 6.04. The van der Waals surface area contributed by atoms with Crippen LogP contribution in [0.15, 0.2) is 18.6 Å². The van der Waals surface area contributed by atoms with Crippen LogP contribution in [0.1, 0.15) is 37.2 Å². The normalized spacial score (nSPS) is 22.3. The molecule has 7 heteroatoms. The van der Waals surface area contributed by atoms with Gasteiger partial charge in [-0.15, -0.1) is 0 Å². The Morgan fingerprint density at radius 2 is 2.21 bits per heavy atom. The minimum absolute atomic E-state index is 0.0370. The minimum Gasteiger partial charge on any atom is -0.371 e. The Morgan fingerprint density at radius 3 is 2.79 bits per heavy atom. The van der Waals surface area contributed by atoms with E-state index < -0.39 is 0 Å². The van der Waals surface area contributed by atoms with Crippen molar-refractivity contribution in [3.8, 4) is 0 Å². The van der Waals surface area contributed by atoms with Crippen molar-refractivity contribution in [3.63, 3.8) is 0 Å². The molecule has 130 valence electrons. The van der Waals surface area contributed by atoms with Crippen molar-refractivity contribution in [1.29, 1.82) is 0 Å². The highest BCUT2D eigenvalue weighted by Crippen LogP contribution is 2.36. The second-order valence-corrected chi connectivity index (χ2v) is 7.05. The number of hydrogen-bond donors (Lipinski definition) is 1. The molecule has 1 aromatic rings. The van der Waals surface area contributed by atoms with Crippen molar-refractivity contribution in [2.45, 2.75) is 32.3 Å². The molecule has 7 nitrogen and oxygen atoms in total.